The number of unbranched alkanes of at least 4 members (excludes halogenated alkanes) is 15. The number of alkyl carbamates (subject to hydrolysis) is 1. The minimum atomic E-state index is -0.423. The van der Waals surface area contributed by atoms with Gasteiger partial charge in [-0.2, -0.15) is 0 Å². The van der Waals surface area contributed by atoms with Crippen molar-refractivity contribution in [1.29, 1.82) is 0 Å². The van der Waals surface area contributed by atoms with Crippen molar-refractivity contribution < 1.29 is 19.1 Å². The highest BCUT2D eigenvalue weighted by Crippen LogP contribution is 2.17. The van der Waals surface area contributed by atoms with Crippen molar-refractivity contribution in [3.8, 4) is 0 Å². The maximum atomic E-state index is 12.2. The van der Waals surface area contributed by atoms with E-state index in [1.165, 1.54) is 89.9 Å². The standard InChI is InChI=1S/C30H59N3O4.ClH/c1-5-6-7-8-9-10-11-12-13-14-15-16-17-18-19-20-21-31-28(34)36-26-30(2,3)27-37-29(35)33-24-22-32(4)23-25-33;/h5-27H2,1-4H3,(H,31,34);1H. The maximum absolute atomic E-state index is 12.2. The number of likely N-dealkylation sites (N-methyl/N-ethyl adjacent to an activating group) is 1. The topological polar surface area (TPSA) is 71.1 Å². The number of carbonyl (C=O) groups is 2. The first kappa shape index (κ1) is 36.8. The second-order valence-electron chi connectivity index (χ2n) is 11.8. The predicted molar refractivity (Wildman–Crippen MR) is 160 cm³/mol. The summed E-state index contributed by atoms with van der Waals surface area (Å²) in [6, 6.07) is 0. The Labute approximate surface area is 240 Å². The van der Waals surface area contributed by atoms with Crippen LogP contribution in [0.25, 0.3) is 0 Å². The second kappa shape index (κ2) is 23.7. The molecule has 1 heterocycles. The smallest absolute Gasteiger partial charge is 0.409 e. The Kier molecular flexibility index (Phi) is 22.9. The van der Waals surface area contributed by atoms with Crippen LogP contribution < -0.4 is 5.32 Å². The Hall–Kier alpha value is -1.21. The number of hydrogen-bond donors (Lipinski definition) is 1. The number of halogens is 1. The average molecular weight is 562 g/mol. The van der Waals surface area contributed by atoms with Crippen LogP contribution in [-0.4, -0.2) is 75.0 Å². The van der Waals surface area contributed by atoms with Gasteiger partial charge >= 0.3 is 12.2 Å². The van der Waals surface area contributed by atoms with Gasteiger partial charge in [0.05, 0.1) is 0 Å². The van der Waals surface area contributed by atoms with Crippen LogP contribution in [-0.2, 0) is 9.47 Å². The van der Waals surface area contributed by atoms with E-state index in [1.807, 2.05) is 13.8 Å². The zero-order valence-corrected chi connectivity index (χ0v) is 26.0. The van der Waals surface area contributed by atoms with Crippen LogP contribution in [0, 0.1) is 5.41 Å². The molecular formula is C30H60ClN3O4. The summed E-state index contributed by atoms with van der Waals surface area (Å²) in [6.45, 7) is 10.3. The molecule has 0 aromatic carbocycles. The van der Waals surface area contributed by atoms with Gasteiger partial charge in [0.15, 0.2) is 0 Å². The van der Waals surface area contributed by atoms with E-state index in [4.69, 9.17) is 9.47 Å². The van der Waals surface area contributed by atoms with Gasteiger partial charge in [0.1, 0.15) is 13.2 Å². The first-order valence-corrected chi connectivity index (χ1v) is 15.3. The highest BCUT2D eigenvalue weighted by atomic mass is 35.5. The lowest BCUT2D eigenvalue weighted by molar-refractivity contribution is 0.0265. The molecule has 1 rings (SSSR count). The molecule has 0 saturated carbocycles. The van der Waals surface area contributed by atoms with Crippen molar-refractivity contribution in [2.45, 2.75) is 124 Å². The number of amides is 2. The molecule has 0 unspecified atom stereocenters. The molecule has 0 aliphatic carbocycles. The van der Waals surface area contributed by atoms with Crippen LogP contribution in [0.2, 0.25) is 0 Å². The first-order chi connectivity index (χ1) is 17.8. The lowest BCUT2D eigenvalue weighted by Crippen LogP contribution is -2.47. The number of nitrogens with one attached hydrogen (secondary N) is 1. The summed E-state index contributed by atoms with van der Waals surface area (Å²) < 4.78 is 10.8. The zero-order valence-electron chi connectivity index (χ0n) is 25.2. The van der Waals surface area contributed by atoms with Crippen LogP contribution >= 0.6 is 12.4 Å². The molecule has 7 nitrogen and oxygen atoms in total. The Bertz CT molecular complexity index is 584. The maximum Gasteiger partial charge on any atom is 0.409 e. The fraction of sp³-hybridized carbons (Fsp3) is 0.933. The molecule has 0 aromatic rings. The van der Waals surface area contributed by atoms with Gasteiger partial charge < -0.3 is 24.6 Å². The fourth-order valence-electron chi connectivity index (χ4n) is 4.55. The number of nitrogens with zero attached hydrogens (tertiary/aromatic N) is 2. The number of piperazine rings is 1. The van der Waals surface area contributed by atoms with Crippen LogP contribution in [0.5, 0.6) is 0 Å². The first-order valence-electron chi connectivity index (χ1n) is 15.3. The van der Waals surface area contributed by atoms with Gasteiger partial charge in [-0.25, -0.2) is 9.59 Å². The molecule has 8 heteroatoms. The van der Waals surface area contributed by atoms with Crippen molar-refractivity contribution in [3.05, 3.63) is 0 Å². The van der Waals surface area contributed by atoms with Gasteiger partial charge in [-0.05, 0) is 13.5 Å². The number of rotatable bonds is 21. The van der Waals surface area contributed by atoms with E-state index in [1.54, 1.807) is 4.90 Å². The van der Waals surface area contributed by atoms with Crippen molar-refractivity contribution in [3.63, 3.8) is 0 Å². The van der Waals surface area contributed by atoms with Gasteiger partial charge in [0, 0.05) is 38.1 Å². The summed E-state index contributed by atoms with van der Waals surface area (Å²) in [5.74, 6) is 0. The quantitative estimate of drug-likeness (QED) is 0.145. The van der Waals surface area contributed by atoms with Gasteiger partial charge in [-0.1, -0.05) is 117 Å². The second-order valence-corrected chi connectivity index (χ2v) is 11.8. The molecule has 0 radical (unpaired) electrons. The third-order valence-corrected chi connectivity index (χ3v) is 7.24. The fourth-order valence-corrected chi connectivity index (χ4v) is 4.55. The highest BCUT2D eigenvalue weighted by molar-refractivity contribution is 5.85. The molecule has 0 spiro atoms. The SMILES string of the molecule is CCCCCCCCCCCCCCCCCCNC(=O)OCC(C)(C)COC(=O)N1CCN(C)CC1.Cl. The van der Waals surface area contributed by atoms with Crippen LogP contribution in [0.3, 0.4) is 0 Å². The predicted octanol–water partition coefficient (Wildman–Crippen LogP) is 7.81. The van der Waals surface area contributed by atoms with Crippen LogP contribution in [0.1, 0.15) is 124 Å². The number of ether oxygens (including phenoxy) is 2. The molecule has 0 aromatic heterocycles. The minimum Gasteiger partial charge on any atom is -0.449 e. The van der Waals surface area contributed by atoms with Gasteiger partial charge in [0.2, 0.25) is 0 Å². The molecule has 0 bridgehead atoms. The van der Waals surface area contributed by atoms with Crippen molar-refractivity contribution >= 4 is 24.6 Å². The lowest BCUT2D eigenvalue weighted by Gasteiger charge is -2.32. The lowest BCUT2D eigenvalue weighted by atomic mass is 9.96. The Balaban J connectivity index is 0.0000137. The van der Waals surface area contributed by atoms with Crippen LogP contribution in [0.15, 0.2) is 0 Å². The summed E-state index contributed by atoms with van der Waals surface area (Å²) in [5.41, 5.74) is -0.423. The van der Waals surface area contributed by atoms with E-state index in [0.717, 1.165) is 25.9 Å². The van der Waals surface area contributed by atoms with E-state index in [-0.39, 0.29) is 37.8 Å². The molecule has 1 N–H and O–H groups in total. The Morgan fingerprint density at radius 3 is 1.58 bits per heavy atom. The molecule has 1 aliphatic heterocycles. The average Bonchev–Trinajstić information content (AvgIpc) is 2.88. The van der Waals surface area contributed by atoms with E-state index in [9.17, 15) is 9.59 Å². The van der Waals surface area contributed by atoms with Gasteiger partial charge in [-0.15, -0.1) is 12.4 Å². The molecule has 2 amide bonds. The molecule has 1 saturated heterocycles. The summed E-state index contributed by atoms with van der Waals surface area (Å²) in [5, 5.41) is 2.84. The summed E-state index contributed by atoms with van der Waals surface area (Å²) in [7, 11) is 2.05. The molecule has 1 aliphatic rings. The Morgan fingerprint density at radius 2 is 1.11 bits per heavy atom. The monoisotopic (exact) mass is 561 g/mol. The highest BCUT2D eigenvalue weighted by Gasteiger charge is 2.26. The van der Waals surface area contributed by atoms with Gasteiger partial charge in [-0.3, -0.25) is 0 Å². The Morgan fingerprint density at radius 1 is 0.684 bits per heavy atom. The van der Waals surface area contributed by atoms with E-state index >= 15 is 0 Å². The van der Waals surface area contributed by atoms with Crippen molar-refractivity contribution in [2.24, 2.45) is 5.41 Å². The zero-order chi connectivity index (χ0) is 27.2. The van der Waals surface area contributed by atoms with Gasteiger partial charge in [0.25, 0.3) is 0 Å². The molecule has 38 heavy (non-hydrogen) atoms. The third kappa shape index (κ3) is 20.7. The van der Waals surface area contributed by atoms with E-state index in [0.29, 0.717) is 19.6 Å². The normalized spacial score (nSPS) is 14.2. The minimum absolute atomic E-state index is 0. The summed E-state index contributed by atoms with van der Waals surface area (Å²) >= 11 is 0. The largest absolute Gasteiger partial charge is 0.449 e. The molecular weight excluding hydrogens is 502 g/mol. The molecule has 1 fully saturated rings. The van der Waals surface area contributed by atoms with Crippen molar-refractivity contribution in [1.82, 2.24) is 15.1 Å². The van der Waals surface area contributed by atoms with Crippen molar-refractivity contribution in [2.75, 3.05) is 53.0 Å². The number of hydrogen-bond acceptors (Lipinski definition) is 5. The van der Waals surface area contributed by atoms with Crippen LogP contribution in [0.4, 0.5) is 9.59 Å². The van der Waals surface area contributed by atoms with E-state index in [2.05, 4.69) is 24.2 Å². The van der Waals surface area contributed by atoms with E-state index < -0.39 is 5.41 Å². The molecule has 0 atom stereocenters. The summed E-state index contributed by atoms with van der Waals surface area (Å²) in [4.78, 5) is 28.2. The number of carbonyl (C=O) groups excluding carboxylic acids is 2. The summed E-state index contributed by atoms with van der Waals surface area (Å²) in [6.07, 6.45) is 20.7. The third-order valence-electron chi connectivity index (χ3n) is 7.24. The molecule has 226 valence electrons.